The van der Waals surface area contributed by atoms with E-state index in [0.29, 0.717) is 30.7 Å². The highest BCUT2D eigenvalue weighted by Gasteiger charge is 2.26. The quantitative estimate of drug-likeness (QED) is 0.855. The molecule has 1 fully saturated rings. The van der Waals surface area contributed by atoms with Crippen LogP contribution in [0, 0.1) is 0 Å². The number of likely N-dealkylation sites (tertiary alicyclic amines) is 1. The van der Waals surface area contributed by atoms with Crippen molar-refractivity contribution in [3.8, 4) is 16.9 Å². The molecule has 0 radical (unpaired) electrons. The van der Waals surface area contributed by atoms with Crippen molar-refractivity contribution in [3.63, 3.8) is 0 Å². The minimum atomic E-state index is -0.456. The zero-order valence-electron chi connectivity index (χ0n) is 14.9. The van der Waals surface area contributed by atoms with Crippen LogP contribution in [0.15, 0.2) is 48.5 Å². The molecule has 26 heavy (non-hydrogen) atoms. The summed E-state index contributed by atoms with van der Waals surface area (Å²) in [6.07, 6.45) is 0.819. The zero-order chi connectivity index (χ0) is 19.1. The van der Waals surface area contributed by atoms with Gasteiger partial charge in [0.05, 0.1) is 7.11 Å². The average molecular weight is 354 g/mol. The smallest absolute Gasteiger partial charge is 0.248 e. The normalized spacial score (nSPS) is 13.2. The summed E-state index contributed by atoms with van der Waals surface area (Å²) in [7, 11) is 1.58. The Morgan fingerprint density at radius 2 is 1.69 bits per heavy atom. The molecule has 1 aliphatic rings. The van der Waals surface area contributed by atoms with Crippen molar-refractivity contribution in [1.29, 1.82) is 0 Å². The molecule has 0 saturated carbocycles. The van der Waals surface area contributed by atoms with Crippen LogP contribution >= 0.6 is 0 Å². The second kappa shape index (κ2) is 8.80. The molecule has 3 rings (SSSR count). The van der Waals surface area contributed by atoms with Crippen molar-refractivity contribution in [3.05, 3.63) is 54.1 Å². The first-order valence-electron chi connectivity index (χ1n) is 8.34. The molecule has 2 aromatic rings. The molecule has 6 heteroatoms. The molecule has 0 aliphatic carbocycles. The number of primary amides is 1. The van der Waals surface area contributed by atoms with Crippen LogP contribution < -0.4 is 10.5 Å². The maximum atomic E-state index is 11.1. The summed E-state index contributed by atoms with van der Waals surface area (Å²) in [6.45, 7) is 2.33. The molecular weight excluding hydrogens is 332 g/mol. The van der Waals surface area contributed by atoms with E-state index in [1.807, 2.05) is 36.4 Å². The molecule has 0 atom stereocenters. The molecule has 0 bridgehead atoms. The van der Waals surface area contributed by atoms with Crippen molar-refractivity contribution in [1.82, 2.24) is 4.90 Å². The molecule has 3 amide bonds. The first-order chi connectivity index (χ1) is 12.5. The van der Waals surface area contributed by atoms with E-state index in [-0.39, 0.29) is 11.8 Å². The number of nitrogens with zero attached hydrogens (tertiary/aromatic N) is 1. The van der Waals surface area contributed by atoms with Gasteiger partial charge in [-0.1, -0.05) is 30.3 Å². The van der Waals surface area contributed by atoms with Gasteiger partial charge in [0.25, 0.3) is 0 Å². The van der Waals surface area contributed by atoms with E-state index in [0.717, 1.165) is 11.1 Å². The highest BCUT2D eigenvalue weighted by Crippen LogP contribution is 2.30. The topological polar surface area (TPSA) is 89.7 Å². The molecule has 1 saturated heterocycles. The maximum Gasteiger partial charge on any atom is 0.248 e. The summed E-state index contributed by atoms with van der Waals surface area (Å²) in [5.41, 5.74) is 7.66. The third-order valence-corrected chi connectivity index (χ3v) is 4.04. The van der Waals surface area contributed by atoms with Gasteiger partial charge in [-0.3, -0.25) is 19.3 Å². The lowest BCUT2D eigenvalue weighted by molar-refractivity contribution is -0.138. The lowest BCUT2D eigenvalue weighted by Gasteiger charge is -2.09. The SMILES string of the molecule is CCN1C(=O)CCC1=O.COc1cc(C(N)=O)ccc1-c1ccccc1. The number of amides is 3. The van der Waals surface area contributed by atoms with E-state index in [9.17, 15) is 14.4 Å². The number of nitrogens with two attached hydrogens (primary N) is 1. The van der Waals surface area contributed by atoms with E-state index in [1.54, 1.807) is 26.2 Å². The van der Waals surface area contributed by atoms with Crippen molar-refractivity contribution in [2.24, 2.45) is 5.73 Å². The molecular formula is C20H22N2O4. The number of carbonyl (C=O) groups excluding carboxylic acids is 3. The van der Waals surface area contributed by atoms with E-state index in [1.165, 1.54) is 4.90 Å². The van der Waals surface area contributed by atoms with Gasteiger partial charge < -0.3 is 10.5 Å². The Labute approximate surface area is 152 Å². The van der Waals surface area contributed by atoms with Crippen LogP contribution in [0.5, 0.6) is 5.75 Å². The van der Waals surface area contributed by atoms with E-state index in [2.05, 4.69) is 0 Å². The number of benzene rings is 2. The Morgan fingerprint density at radius 1 is 1.08 bits per heavy atom. The molecule has 6 nitrogen and oxygen atoms in total. The third kappa shape index (κ3) is 4.47. The van der Waals surface area contributed by atoms with Gasteiger partial charge in [0.1, 0.15) is 5.75 Å². The summed E-state index contributed by atoms with van der Waals surface area (Å²) < 4.78 is 5.28. The number of carbonyl (C=O) groups is 3. The molecule has 2 aromatic carbocycles. The fraction of sp³-hybridized carbons (Fsp3) is 0.250. The number of hydrogen-bond acceptors (Lipinski definition) is 4. The second-order valence-electron chi connectivity index (χ2n) is 5.68. The Kier molecular flexibility index (Phi) is 6.49. The molecule has 0 unspecified atom stereocenters. The highest BCUT2D eigenvalue weighted by atomic mass is 16.5. The Bertz CT molecular complexity index is 787. The summed E-state index contributed by atoms with van der Waals surface area (Å²) in [6, 6.07) is 15.0. The van der Waals surface area contributed by atoms with Crippen molar-refractivity contribution in [2.45, 2.75) is 19.8 Å². The summed E-state index contributed by atoms with van der Waals surface area (Å²) in [5.74, 6) is 0.139. The van der Waals surface area contributed by atoms with Crippen LogP contribution in [0.2, 0.25) is 0 Å². The largest absolute Gasteiger partial charge is 0.496 e. The van der Waals surface area contributed by atoms with Gasteiger partial charge in [0.15, 0.2) is 0 Å². The van der Waals surface area contributed by atoms with Gasteiger partial charge in [-0.2, -0.15) is 0 Å². The standard InChI is InChI=1S/C14H13NO2.C6H9NO2/c1-17-13-9-11(14(15)16)7-8-12(13)10-5-3-2-4-6-10;1-2-7-5(8)3-4-6(7)9/h2-9H,1H3,(H2,15,16);2-4H2,1H3. The van der Waals surface area contributed by atoms with Crippen molar-refractivity contribution < 1.29 is 19.1 Å². The van der Waals surface area contributed by atoms with Gasteiger partial charge in [0.2, 0.25) is 17.7 Å². The number of rotatable bonds is 4. The Balaban J connectivity index is 0.000000228. The minimum Gasteiger partial charge on any atom is -0.496 e. The first kappa shape index (κ1) is 19.2. The van der Waals surface area contributed by atoms with E-state index >= 15 is 0 Å². The van der Waals surface area contributed by atoms with Crippen LogP contribution in [0.4, 0.5) is 0 Å². The second-order valence-corrected chi connectivity index (χ2v) is 5.68. The van der Waals surface area contributed by atoms with Gasteiger partial charge in [-0.25, -0.2) is 0 Å². The summed E-state index contributed by atoms with van der Waals surface area (Å²) in [4.78, 5) is 33.8. The molecule has 0 spiro atoms. The van der Waals surface area contributed by atoms with Gasteiger partial charge in [-0.15, -0.1) is 0 Å². The fourth-order valence-corrected chi connectivity index (χ4v) is 2.68. The van der Waals surface area contributed by atoms with Crippen molar-refractivity contribution in [2.75, 3.05) is 13.7 Å². The minimum absolute atomic E-state index is 0.0255. The maximum absolute atomic E-state index is 11.1. The van der Waals surface area contributed by atoms with Crippen LogP contribution in [0.1, 0.15) is 30.1 Å². The van der Waals surface area contributed by atoms with Gasteiger partial charge in [0, 0.05) is 30.5 Å². The Hall–Kier alpha value is -3.15. The Morgan fingerprint density at radius 3 is 2.15 bits per heavy atom. The molecule has 136 valence electrons. The zero-order valence-corrected chi connectivity index (χ0v) is 14.9. The predicted octanol–water partition coefficient (Wildman–Crippen LogP) is 2.62. The van der Waals surface area contributed by atoms with Crippen LogP contribution in [-0.4, -0.2) is 36.3 Å². The van der Waals surface area contributed by atoms with Crippen LogP contribution in [0.3, 0.4) is 0 Å². The third-order valence-electron chi connectivity index (χ3n) is 4.04. The molecule has 1 heterocycles. The van der Waals surface area contributed by atoms with Gasteiger partial charge >= 0.3 is 0 Å². The van der Waals surface area contributed by atoms with E-state index < -0.39 is 5.91 Å². The molecule has 1 aliphatic heterocycles. The highest BCUT2D eigenvalue weighted by molar-refractivity contribution is 6.01. The number of hydrogen-bond donors (Lipinski definition) is 1. The van der Waals surface area contributed by atoms with Crippen molar-refractivity contribution >= 4 is 17.7 Å². The van der Waals surface area contributed by atoms with Crippen LogP contribution in [-0.2, 0) is 9.59 Å². The molecule has 0 aromatic heterocycles. The number of methoxy groups -OCH3 is 1. The fourth-order valence-electron chi connectivity index (χ4n) is 2.68. The lowest BCUT2D eigenvalue weighted by Crippen LogP contribution is -2.28. The van der Waals surface area contributed by atoms with Crippen LogP contribution in [0.25, 0.3) is 11.1 Å². The van der Waals surface area contributed by atoms with Gasteiger partial charge in [-0.05, 0) is 30.7 Å². The molecule has 2 N–H and O–H groups in total. The predicted molar refractivity (Wildman–Crippen MR) is 98.6 cm³/mol. The lowest BCUT2D eigenvalue weighted by atomic mass is 10.0. The number of imide groups is 1. The number of ether oxygens (including phenoxy) is 1. The summed E-state index contributed by atoms with van der Waals surface area (Å²) >= 11 is 0. The summed E-state index contributed by atoms with van der Waals surface area (Å²) in [5, 5.41) is 0. The first-order valence-corrected chi connectivity index (χ1v) is 8.34. The average Bonchev–Trinajstić information content (AvgIpc) is 3.00. The van der Waals surface area contributed by atoms with E-state index in [4.69, 9.17) is 10.5 Å². The monoisotopic (exact) mass is 354 g/mol.